The van der Waals surface area contributed by atoms with Crippen molar-refractivity contribution in [2.75, 3.05) is 5.33 Å². The molecule has 1 rings (SSSR count). The lowest BCUT2D eigenvalue weighted by Crippen LogP contribution is -2.22. The Morgan fingerprint density at radius 2 is 2.40 bits per heavy atom. The van der Waals surface area contributed by atoms with Crippen LogP contribution in [0.5, 0.6) is 0 Å². The molecule has 1 unspecified atom stereocenters. The van der Waals surface area contributed by atoms with Gasteiger partial charge < -0.3 is 0 Å². The molecule has 1 atom stereocenters. The molecule has 0 aromatic rings. The molecular formula is C7H7BrF2. The van der Waals surface area contributed by atoms with Gasteiger partial charge in [-0.1, -0.05) is 15.9 Å². The highest BCUT2D eigenvalue weighted by Crippen LogP contribution is 2.27. The Labute approximate surface area is 66.7 Å². The van der Waals surface area contributed by atoms with E-state index in [0.29, 0.717) is 0 Å². The van der Waals surface area contributed by atoms with Gasteiger partial charge >= 0.3 is 0 Å². The molecule has 0 aromatic carbocycles. The third-order valence-electron chi connectivity index (χ3n) is 1.40. The minimum Gasteiger partial charge on any atom is -0.238 e. The van der Waals surface area contributed by atoms with Gasteiger partial charge in [0.1, 0.15) is 11.5 Å². The van der Waals surface area contributed by atoms with Crippen molar-refractivity contribution in [1.82, 2.24) is 0 Å². The molecule has 3 heteroatoms. The average molecular weight is 209 g/mol. The molecule has 0 spiro atoms. The molecule has 0 saturated carbocycles. The molecule has 1 aliphatic carbocycles. The molecule has 0 aliphatic heterocycles. The van der Waals surface area contributed by atoms with Crippen molar-refractivity contribution in [3.8, 4) is 0 Å². The normalized spacial score (nSPS) is 32.1. The Hall–Kier alpha value is -0.180. The average Bonchev–Trinajstić information content (AvgIpc) is 1.96. The fourth-order valence-corrected chi connectivity index (χ4v) is 1.15. The van der Waals surface area contributed by atoms with Crippen molar-refractivity contribution in [2.45, 2.75) is 12.1 Å². The van der Waals surface area contributed by atoms with Crippen LogP contribution in [0.3, 0.4) is 0 Å². The topological polar surface area (TPSA) is 0 Å². The lowest BCUT2D eigenvalue weighted by molar-refractivity contribution is 0.265. The zero-order valence-electron chi connectivity index (χ0n) is 5.28. The lowest BCUT2D eigenvalue weighted by Gasteiger charge is -2.18. The van der Waals surface area contributed by atoms with Gasteiger partial charge in [-0.2, -0.15) is 0 Å². The van der Waals surface area contributed by atoms with Gasteiger partial charge in [-0.3, -0.25) is 0 Å². The Morgan fingerprint density at radius 1 is 1.70 bits per heavy atom. The van der Waals surface area contributed by atoms with Crippen LogP contribution in [0.2, 0.25) is 0 Å². The van der Waals surface area contributed by atoms with E-state index in [-0.39, 0.29) is 17.6 Å². The van der Waals surface area contributed by atoms with Crippen LogP contribution in [0.25, 0.3) is 0 Å². The van der Waals surface area contributed by atoms with Gasteiger partial charge in [-0.25, -0.2) is 8.78 Å². The lowest BCUT2D eigenvalue weighted by atomic mass is 10.00. The molecule has 0 aromatic heterocycles. The summed E-state index contributed by atoms with van der Waals surface area (Å²) >= 11 is 3.01. The Morgan fingerprint density at radius 3 is 2.80 bits per heavy atom. The molecular weight excluding hydrogens is 202 g/mol. The quantitative estimate of drug-likeness (QED) is 0.582. The largest absolute Gasteiger partial charge is 0.238 e. The van der Waals surface area contributed by atoms with Gasteiger partial charge in [0.15, 0.2) is 0 Å². The summed E-state index contributed by atoms with van der Waals surface area (Å²) in [6.45, 7) is 0. The Balaban J connectivity index is 2.67. The van der Waals surface area contributed by atoms with Gasteiger partial charge in [0.05, 0.1) is 0 Å². The van der Waals surface area contributed by atoms with Crippen molar-refractivity contribution in [3.63, 3.8) is 0 Å². The summed E-state index contributed by atoms with van der Waals surface area (Å²) in [5.74, 6) is -0.353. The molecule has 0 radical (unpaired) electrons. The van der Waals surface area contributed by atoms with Crippen LogP contribution in [0, 0.1) is 0 Å². The van der Waals surface area contributed by atoms with Crippen LogP contribution < -0.4 is 0 Å². The first-order valence-electron chi connectivity index (χ1n) is 2.96. The SMILES string of the molecule is FC1=CCC(F)(CBr)C=C1. The van der Waals surface area contributed by atoms with Crippen molar-refractivity contribution in [1.29, 1.82) is 0 Å². The predicted molar refractivity (Wildman–Crippen MR) is 40.6 cm³/mol. The molecule has 1 aliphatic rings. The van der Waals surface area contributed by atoms with Crippen molar-refractivity contribution < 1.29 is 8.78 Å². The number of alkyl halides is 2. The third kappa shape index (κ3) is 1.66. The molecule has 10 heavy (non-hydrogen) atoms. The third-order valence-corrected chi connectivity index (χ3v) is 2.33. The van der Waals surface area contributed by atoms with Crippen molar-refractivity contribution in [2.24, 2.45) is 0 Å². The summed E-state index contributed by atoms with van der Waals surface area (Å²) in [4.78, 5) is 0. The van der Waals surface area contributed by atoms with Gasteiger partial charge in [0.2, 0.25) is 0 Å². The summed E-state index contributed by atoms with van der Waals surface area (Å²) in [5.41, 5.74) is -1.38. The van der Waals surface area contributed by atoms with E-state index in [2.05, 4.69) is 15.9 Å². The van der Waals surface area contributed by atoms with Gasteiger partial charge in [-0.05, 0) is 18.2 Å². The standard InChI is InChI=1S/C7H7BrF2/c8-5-7(10)3-1-6(9)2-4-7/h1-3H,4-5H2. The number of hydrogen-bond donors (Lipinski definition) is 0. The minimum atomic E-state index is -1.38. The summed E-state index contributed by atoms with van der Waals surface area (Å²) in [7, 11) is 0. The molecule has 0 nitrogen and oxygen atoms in total. The highest BCUT2D eigenvalue weighted by Gasteiger charge is 2.25. The van der Waals surface area contributed by atoms with Crippen LogP contribution in [-0.4, -0.2) is 11.0 Å². The second-order valence-corrected chi connectivity index (χ2v) is 2.86. The summed E-state index contributed by atoms with van der Waals surface area (Å²) in [5, 5.41) is 0.222. The maximum absolute atomic E-state index is 13.1. The van der Waals surface area contributed by atoms with Crippen LogP contribution >= 0.6 is 15.9 Å². The zero-order valence-corrected chi connectivity index (χ0v) is 6.87. The van der Waals surface area contributed by atoms with Gasteiger partial charge in [0, 0.05) is 11.8 Å². The fraction of sp³-hybridized carbons (Fsp3) is 0.429. The monoisotopic (exact) mass is 208 g/mol. The molecule has 0 bridgehead atoms. The number of rotatable bonds is 1. The maximum atomic E-state index is 13.1. The summed E-state index contributed by atoms with van der Waals surface area (Å²) in [6.07, 6.45) is 3.78. The van der Waals surface area contributed by atoms with E-state index in [0.717, 1.165) is 6.08 Å². The van der Waals surface area contributed by atoms with Crippen LogP contribution in [0.15, 0.2) is 24.1 Å². The minimum absolute atomic E-state index is 0.126. The first-order chi connectivity index (χ1) is 4.66. The maximum Gasteiger partial charge on any atom is 0.142 e. The van der Waals surface area contributed by atoms with Crippen LogP contribution in [-0.2, 0) is 0 Å². The molecule has 0 heterocycles. The predicted octanol–water partition coefficient (Wildman–Crippen LogP) is 2.90. The Kier molecular flexibility index (Phi) is 2.24. The number of hydrogen-bond acceptors (Lipinski definition) is 0. The summed E-state index contributed by atoms with van der Waals surface area (Å²) in [6, 6.07) is 0. The fourth-order valence-electron chi connectivity index (χ4n) is 0.731. The highest BCUT2D eigenvalue weighted by molar-refractivity contribution is 9.09. The number of allylic oxidation sites excluding steroid dienone is 4. The second kappa shape index (κ2) is 2.82. The van der Waals surface area contributed by atoms with E-state index in [4.69, 9.17) is 0 Å². The van der Waals surface area contributed by atoms with Crippen LogP contribution in [0.4, 0.5) is 8.78 Å². The summed E-state index contributed by atoms with van der Waals surface area (Å²) < 4.78 is 25.4. The molecule has 0 fully saturated rings. The smallest absolute Gasteiger partial charge is 0.142 e. The van der Waals surface area contributed by atoms with E-state index >= 15 is 0 Å². The first kappa shape index (κ1) is 7.92. The van der Waals surface area contributed by atoms with E-state index < -0.39 is 5.67 Å². The second-order valence-electron chi connectivity index (χ2n) is 2.29. The highest BCUT2D eigenvalue weighted by atomic mass is 79.9. The first-order valence-corrected chi connectivity index (χ1v) is 4.08. The van der Waals surface area contributed by atoms with Gasteiger partial charge in [0.25, 0.3) is 0 Å². The zero-order chi connectivity index (χ0) is 7.61. The van der Waals surface area contributed by atoms with E-state index in [9.17, 15) is 8.78 Å². The molecule has 0 amide bonds. The molecule has 0 N–H and O–H groups in total. The Bertz CT molecular complexity index is 186. The van der Waals surface area contributed by atoms with E-state index in [1.807, 2.05) is 0 Å². The van der Waals surface area contributed by atoms with Crippen molar-refractivity contribution >= 4 is 15.9 Å². The van der Waals surface area contributed by atoms with Crippen molar-refractivity contribution in [3.05, 3.63) is 24.1 Å². The van der Waals surface area contributed by atoms with E-state index in [1.54, 1.807) is 0 Å². The van der Waals surface area contributed by atoms with E-state index in [1.165, 1.54) is 12.2 Å². The van der Waals surface area contributed by atoms with Crippen LogP contribution in [0.1, 0.15) is 6.42 Å². The number of halogens is 3. The van der Waals surface area contributed by atoms with Gasteiger partial charge in [-0.15, -0.1) is 0 Å². The molecule has 56 valence electrons. The molecule has 0 saturated heterocycles.